The normalized spacial score (nSPS) is 29.2. The topological polar surface area (TPSA) is 109 Å². The molecule has 1 saturated heterocycles. The molecule has 0 saturated carbocycles. The molecule has 5 atom stereocenters. The Hall–Kier alpha value is -2.36. The van der Waals surface area contributed by atoms with E-state index >= 15 is 0 Å². The first-order valence-corrected chi connectivity index (χ1v) is 9.72. The van der Waals surface area contributed by atoms with Gasteiger partial charge >= 0.3 is 0 Å². The van der Waals surface area contributed by atoms with Crippen LogP contribution in [0.15, 0.2) is 72.8 Å². The molecule has 0 aliphatic carbocycles. The number of fused-ring (bicyclic) bond motifs is 1. The lowest BCUT2D eigenvalue weighted by Crippen LogP contribution is -2.64. The monoisotopic (exact) mass is 412 g/mol. The molecular formula is C23H24O7. The van der Waals surface area contributed by atoms with E-state index in [9.17, 15) is 20.4 Å². The SMILES string of the molecule is OC[C@H]1O[C@](O)(c2cccc3ccccc23)[C@H](O)[C@@H](O)[C@H]1OOCc1ccccc1. The smallest absolute Gasteiger partial charge is 0.223 e. The van der Waals surface area contributed by atoms with Gasteiger partial charge in [0.25, 0.3) is 0 Å². The highest BCUT2D eigenvalue weighted by Crippen LogP contribution is 2.40. The van der Waals surface area contributed by atoms with Crippen LogP contribution in [0.4, 0.5) is 0 Å². The molecule has 3 aromatic carbocycles. The molecule has 0 bridgehead atoms. The average molecular weight is 412 g/mol. The van der Waals surface area contributed by atoms with E-state index in [1.807, 2.05) is 48.5 Å². The number of hydrogen-bond donors (Lipinski definition) is 4. The molecule has 4 N–H and O–H groups in total. The molecule has 30 heavy (non-hydrogen) atoms. The molecule has 1 aliphatic rings. The minimum Gasteiger partial charge on any atom is -0.394 e. The third-order valence-electron chi connectivity index (χ3n) is 5.36. The third-order valence-corrected chi connectivity index (χ3v) is 5.36. The standard InChI is InChI=1S/C23H24O7/c24-13-19-21(30-28-14-15-7-2-1-3-8-15)20(25)22(26)23(27,29-19)18-12-6-10-16-9-4-5-11-17(16)18/h1-12,19-22,24-27H,13-14H2/t19-,20+,21+,22-,23-/m1/s1. The molecule has 7 heteroatoms. The van der Waals surface area contributed by atoms with E-state index in [4.69, 9.17) is 14.5 Å². The quantitative estimate of drug-likeness (QED) is 0.360. The zero-order valence-corrected chi connectivity index (χ0v) is 16.2. The fourth-order valence-electron chi connectivity index (χ4n) is 3.77. The molecule has 0 unspecified atom stereocenters. The molecule has 1 aliphatic heterocycles. The van der Waals surface area contributed by atoms with Crippen molar-refractivity contribution in [3.05, 3.63) is 83.9 Å². The van der Waals surface area contributed by atoms with Crippen molar-refractivity contribution >= 4 is 10.8 Å². The van der Waals surface area contributed by atoms with Crippen LogP contribution >= 0.6 is 0 Å². The molecule has 1 heterocycles. The van der Waals surface area contributed by atoms with E-state index in [0.29, 0.717) is 5.39 Å². The molecule has 0 radical (unpaired) electrons. The first-order valence-electron chi connectivity index (χ1n) is 9.72. The van der Waals surface area contributed by atoms with Crippen molar-refractivity contribution in [3.8, 4) is 0 Å². The lowest BCUT2D eigenvalue weighted by Gasteiger charge is -2.46. The lowest BCUT2D eigenvalue weighted by atomic mass is 9.86. The highest BCUT2D eigenvalue weighted by molar-refractivity contribution is 5.86. The summed E-state index contributed by atoms with van der Waals surface area (Å²) in [6.45, 7) is -0.456. The molecule has 3 aromatic rings. The molecule has 158 valence electrons. The Morgan fingerprint density at radius 3 is 2.37 bits per heavy atom. The Morgan fingerprint density at radius 2 is 1.60 bits per heavy atom. The first kappa shape index (κ1) is 20.9. The Morgan fingerprint density at radius 1 is 0.900 bits per heavy atom. The number of benzene rings is 3. The summed E-state index contributed by atoms with van der Waals surface area (Å²) >= 11 is 0. The number of aliphatic hydroxyl groups excluding tert-OH is 3. The van der Waals surface area contributed by atoms with Gasteiger partial charge in [-0.25, -0.2) is 9.78 Å². The van der Waals surface area contributed by atoms with E-state index in [2.05, 4.69) is 0 Å². The van der Waals surface area contributed by atoms with E-state index in [1.165, 1.54) is 0 Å². The summed E-state index contributed by atoms with van der Waals surface area (Å²) in [6, 6.07) is 21.7. The molecular weight excluding hydrogens is 388 g/mol. The van der Waals surface area contributed by atoms with Crippen LogP contribution in [0.2, 0.25) is 0 Å². The molecule has 0 aromatic heterocycles. The molecule has 0 spiro atoms. The van der Waals surface area contributed by atoms with Gasteiger partial charge in [0.2, 0.25) is 5.79 Å². The molecule has 7 nitrogen and oxygen atoms in total. The van der Waals surface area contributed by atoms with Gasteiger partial charge in [-0.15, -0.1) is 0 Å². The van der Waals surface area contributed by atoms with Crippen LogP contribution in [0, 0.1) is 0 Å². The number of hydrogen-bond acceptors (Lipinski definition) is 7. The van der Waals surface area contributed by atoms with Crippen molar-refractivity contribution in [1.29, 1.82) is 0 Å². The summed E-state index contributed by atoms with van der Waals surface area (Å²) in [6.07, 6.45) is -5.65. The summed E-state index contributed by atoms with van der Waals surface area (Å²) in [7, 11) is 0. The van der Waals surface area contributed by atoms with Crippen molar-refractivity contribution in [2.75, 3.05) is 6.61 Å². The summed E-state index contributed by atoms with van der Waals surface area (Å²) in [4.78, 5) is 10.5. The Balaban J connectivity index is 1.57. The predicted octanol–water partition coefficient (Wildman–Crippen LogP) is 1.61. The van der Waals surface area contributed by atoms with Crippen LogP contribution < -0.4 is 0 Å². The van der Waals surface area contributed by atoms with E-state index in [0.717, 1.165) is 10.9 Å². The maximum atomic E-state index is 11.3. The van der Waals surface area contributed by atoms with Gasteiger partial charge in [0.05, 0.1) is 6.61 Å². The molecule has 0 amide bonds. The van der Waals surface area contributed by atoms with E-state index in [1.54, 1.807) is 24.3 Å². The van der Waals surface area contributed by atoms with Crippen LogP contribution in [-0.4, -0.2) is 51.4 Å². The predicted molar refractivity (Wildman–Crippen MR) is 108 cm³/mol. The van der Waals surface area contributed by atoms with Crippen LogP contribution in [-0.2, 0) is 26.9 Å². The Bertz CT molecular complexity index is 972. The van der Waals surface area contributed by atoms with E-state index < -0.39 is 36.8 Å². The van der Waals surface area contributed by atoms with Gasteiger partial charge in [0.1, 0.15) is 31.0 Å². The van der Waals surface area contributed by atoms with Gasteiger partial charge in [0, 0.05) is 5.56 Å². The second-order valence-electron chi connectivity index (χ2n) is 7.31. The fraction of sp³-hybridized carbons (Fsp3) is 0.304. The molecule has 4 rings (SSSR count). The summed E-state index contributed by atoms with van der Waals surface area (Å²) in [5.74, 6) is -2.24. The highest BCUT2D eigenvalue weighted by Gasteiger charge is 2.55. The van der Waals surface area contributed by atoms with Crippen molar-refractivity contribution in [1.82, 2.24) is 0 Å². The number of rotatable bonds is 6. The maximum Gasteiger partial charge on any atom is 0.223 e. The van der Waals surface area contributed by atoms with Crippen molar-refractivity contribution in [2.24, 2.45) is 0 Å². The Kier molecular flexibility index (Phi) is 6.12. The third kappa shape index (κ3) is 3.84. The largest absolute Gasteiger partial charge is 0.394 e. The van der Waals surface area contributed by atoms with Gasteiger partial charge in [-0.2, -0.15) is 0 Å². The van der Waals surface area contributed by atoms with Crippen molar-refractivity contribution in [2.45, 2.75) is 36.8 Å². The average Bonchev–Trinajstić information content (AvgIpc) is 2.79. The van der Waals surface area contributed by atoms with Crippen LogP contribution in [0.25, 0.3) is 10.8 Å². The second kappa shape index (κ2) is 8.79. The summed E-state index contributed by atoms with van der Waals surface area (Å²) in [5, 5.41) is 44.0. The van der Waals surface area contributed by atoms with Crippen molar-refractivity contribution < 1.29 is 34.9 Å². The van der Waals surface area contributed by atoms with Gasteiger partial charge in [-0.05, 0) is 16.3 Å². The minimum atomic E-state index is -2.24. The lowest BCUT2D eigenvalue weighted by molar-refractivity contribution is -0.423. The zero-order valence-electron chi connectivity index (χ0n) is 16.2. The minimum absolute atomic E-state index is 0.103. The van der Waals surface area contributed by atoms with Gasteiger partial charge in [-0.1, -0.05) is 72.8 Å². The second-order valence-corrected chi connectivity index (χ2v) is 7.31. The first-order chi connectivity index (χ1) is 14.5. The van der Waals surface area contributed by atoms with Crippen LogP contribution in [0.5, 0.6) is 0 Å². The fourth-order valence-corrected chi connectivity index (χ4v) is 3.77. The highest BCUT2D eigenvalue weighted by atomic mass is 17.2. The van der Waals surface area contributed by atoms with Crippen molar-refractivity contribution in [3.63, 3.8) is 0 Å². The van der Waals surface area contributed by atoms with Crippen LogP contribution in [0.1, 0.15) is 11.1 Å². The van der Waals surface area contributed by atoms with Gasteiger partial charge in [0.15, 0.2) is 0 Å². The number of ether oxygens (including phenoxy) is 1. The Labute approximate surface area is 173 Å². The van der Waals surface area contributed by atoms with E-state index in [-0.39, 0.29) is 12.2 Å². The van der Waals surface area contributed by atoms with Gasteiger partial charge in [-0.3, -0.25) is 0 Å². The number of aliphatic hydroxyl groups is 4. The maximum absolute atomic E-state index is 11.3. The van der Waals surface area contributed by atoms with Gasteiger partial charge < -0.3 is 25.2 Å². The summed E-state index contributed by atoms with van der Waals surface area (Å²) < 4.78 is 5.71. The molecule has 1 fully saturated rings. The summed E-state index contributed by atoms with van der Waals surface area (Å²) in [5.41, 5.74) is 1.13. The zero-order chi connectivity index (χ0) is 21.1. The van der Waals surface area contributed by atoms with Crippen LogP contribution in [0.3, 0.4) is 0 Å².